The Morgan fingerprint density at radius 3 is 2.88 bits per heavy atom. The minimum Gasteiger partial charge on any atom is -0.378 e. The molecule has 2 rings (SSSR count). The summed E-state index contributed by atoms with van der Waals surface area (Å²) in [5.74, 6) is 0.283. The van der Waals surface area contributed by atoms with E-state index in [1.165, 1.54) is 0 Å². The fourth-order valence-electron chi connectivity index (χ4n) is 2.63. The third-order valence-corrected chi connectivity index (χ3v) is 3.76. The molecule has 0 radical (unpaired) electrons. The van der Waals surface area contributed by atoms with E-state index in [2.05, 4.69) is 24.5 Å². The number of hydrogen-bond acceptors (Lipinski definition) is 3. The van der Waals surface area contributed by atoms with Gasteiger partial charge in [0.05, 0.1) is 18.9 Å². The van der Waals surface area contributed by atoms with Crippen molar-refractivity contribution in [2.75, 3.05) is 26.3 Å². The van der Waals surface area contributed by atoms with Crippen LogP contribution in [0.15, 0.2) is 24.4 Å². The molecule has 3 nitrogen and oxygen atoms in total. The molecule has 0 amide bonds. The van der Waals surface area contributed by atoms with E-state index in [9.17, 15) is 4.79 Å². The van der Waals surface area contributed by atoms with Crippen LogP contribution in [0.2, 0.25) is 0 Å². The highest BCUT2D eigenvalue weighted by atomic mass is 16.5. The van der Waals surface area contributed by atoms with E-state index in [0.29, 0.717) is 0 Å². The lowest BCUT2D eigenvalue weighted by atomic mass is 9.73. The summed E-state index contributed by atoms with van der Waals surface area (Å²) in [6, 6.07) is 0. The Bertz CT molecular complexity index is 342. The normalized spacial score (nSPS) is 30.1. The van der Waals surface area contributed by atoms with Gasteiger partial charge in [0.2, 0.25) is 0 Å². The first-order valence-corrected chi connectivity index (χ1v) is 6.36. The Morgan fingerprint density at radius 1 is 1.53 bits per heavy atom. The molecule has 0 N–H and O–H groups in total. The topological polar surface area (TPSA) is 29.5 Å². The first-order valence-electron chi connectivity index (χ1n) is 6.36. The Morgan fingerprint density at radius 2 is 2.24 bits per heavy atom. The van der Waals surface area contributed by atoms with E-state index in [-0.39, 0.29) is 11.2 Å². The molecule has 1 atom stereocenters. The molecule has 0 unspecified atom stereocenters. The smallest absolute Gasteiger partial charge is 0.184 e. The molecule has 3 heteroatoms. The van der Waals surface area contributed by atoms with Gasteiger partial charge < -0.3 is 9.64 Å². The Balaban J connectivity index is 2.14. The van der Waals surface area contributed by atoms with Crippen molar-refractivity contribution in [2.45, 2.75) is 26.2 Å². The SMILES string of the molecule is C=CC[C@]1(C)CCC=C(N2CCOCC2)C1=O. The summed E-state index contributed by atoms with van der Waals surface area (Å²) in [5, 5.41) is 0. The zero-order valence-electron chi connectivity index (χ0n) is 10.6. The second-order valence-corrected chi connectivity index (χ2v) is 5.11. The van der Waals surface area contributed by atoms with Crippen molar-refractivity contribution >= 4 is 5.78 Å². The van der Waals surface area contributed by atoms with E-state index >= 15 is 0 Å². The van der Waals surface area contributed by atoms with Gasteiger partial charge in [0.15, 0.2) is 5.78 Å². The fourth-order valence-corrected chi connectivity index (χ4v) is 2.63. The van der Waals surface area contributed by atoms with Gasteiger partial charge in [-0.1, -0.05) is 19.1 Å². The zero-order valence-corrected chi connectivity index (χ0v) is 10.6. The largest absolute Gasteiger partial charge is 0.378 e. The minimum absolute atomic E-state index is 0.246. The average Bonchev–Trinajstić information content (AvgIpc) is 2.34. The van der Waals surface area contributed by atoms with Gasteiger partial charge in [-0.25, -0.2) is 0 Å². The average molecular weight is 235 g/mol. The fraction of sp³-hybridized carbons (Fsp3) is 0.643. The van der Waals surface area contributed by atoms with Gasteiger partial charge in [0.1, 0.15) is 0 Å². The lowest BCUT2D eigenvalue weighted by Gasteiger charge is -2.38. The summed E-state index contributed by atoms with van der Waals surface area (Å²) in [7, 11) is 0. The summed E-state index contributed by atoms with van der Waals surface area (Å²) >= 11 is 0. The second-order valence-electron chi connectivity index (χ2n) is 5.11. The third-order valence-electron chi connectivity index (χ3n) is 3.76. The number of rotatable bonds is 3. The number of carbonyl (C=O) groups excluding carboxylic acids is 1. The molecule has 1 saturated heterocycles. The van der Waals surface area contributed by atoms with E-state index in [0.717, 1.165) is 51.3 Å². The van der Waals surface area contributed by atoms with Crippen molar-refractivity contribution in [1.82, 2.24) is 4.90 Å². The van der Waals surface area contributed by atoms with E-state index in [1.54, 1.807) is 0 Å². The maximum atomic E-state index is 12.5. The van der Waals surface area contributed by atoms with Gasteiger partial charge in [-0.2, -0.15) is 0 Å². The lowest BCUT2D eigenvalue weighted by Crippen LogP contribution is -2.43. The molecule has 0 spiro atoms. The molecular weight excluding hydrogens is 214 g/mol. The molecule has 0 aromatic carbocycles. The van der Waals surface area contributed by atoms with Crippen molar-refractivity contribution in [3.05, 3.63) is 24.4 Å². The molecule has 1 heterocycles. The number of ketones is 1. The van der Waals surface area contributed by atoms with Gasteiger partial charge in [0.25, 0.3) is 0 Å². The highest BCUT2D eigenvalue weighted by Crippen LogP contribution is 2.37. The predicted octanol–water partition coefficient (Wildman–Crippen LogP) is 2.15. The first-order chi connectivity index (χ1) is 8.17. The molecule has 94 valence electrons. The molecule has 1 fully saturated rings. The van der Waals surface area contributed by atoms with Gasteiger partial charge in [-0.05, 0) is 19.3 Å². The number of carbonyl (C=O) groups is 1. The predicted molar refractivity (Wildman–Crippen MR) is 67.6 cm³/mol. The van der Waals surface area contributed by atoms with Crippen LogP contribution in [0.3, 0.4) is 0 Å². The van der Waals surface area contributed by atoms with Crippen LogP contribution >= 0.6 is 0 Å². The first kappa shape index (κ1) is 12.4. The van der Waals surface area contributed by atoms with Crippen LogP contribution in [-0.4, -0.2) is 37.0 Å². The molecule has 2 aliphatic rings. The molecule has 0 aromatic rings. The van der Waals surface area contributed by atoms with Crippen LogP contribution in [0, 0.1) is 5.41 Å². The number of ether oxygens (including phenoxy) is 1. The second kappa shape index (κ2) is 5.05. The molecule has 1 aliphatic carbocycles. The Hall–Kier alpha value is -1.09. The van der Waals surface area contributed by atoms with Gasteiger partial charge in [-0.3, -0.25) is 4.79 Å². The number of nitrogens with zero attached hydrogens (tertiary/aromatic N) is 1. The lowest BCUT2D eigenvalue weighted by molar-refractivity contribution is -0.127. The zero-order chi connectivity index (χ0) is 12.3. The molecule has 0 saturated carbocycles. The van der Waals surface area contributed by atoms with E-state index in [1.807, 2.05) is 6.08 Å². The van der Waals surface area contributed by atoms with Crippen molar-refractivity contribution in [3.63, 3.8) is 0 Å². The summed E-state index contributed by atoms with van der Waals surface area (Å²) in [4.78, 5) is 14.7. The van der Waals surface area contributed by atoms with Crippen LogP contribution in [-0.2, 0) is 9.53 Å². The number of Topliss-reactive ketones (excluding diaryl/α,β-unsaturated/α-hetero) is 1. The van der Waals surface area contributed by atoms with Crippen LogP contribution < -0.4 is 0 Å². The molecule has 17 heavy (non-hydrogen) atoms. The van der Waals surface area contributed by atoms with Crippen LogP contribution in [0.1, 0.15) is 26.2 Å². The summed E-state index contributed by atoms with van der Waals surface area (Å²) in [6.45, 7) is 8.95. The Labute approximate surface area is 103 Å². The van der Waals surface area contributed by atoms with Crippen molar-refractivity contribution in [1.29, 1.82) is 0 Å². The van der Waals surface area contributed by atoms with E-state index < -0.39 is 0 Å². The van der Waals surface area contributed by atoms with Gasteiger partial charge in [0, 0.05) is 18.5 Å². The van der Waals surface area contributed by atoms with Crippen molar-refractivity contribution in [3.8, 4) is 0 Å². The van der Waals surface area contributed by atoms with Crippen LogP contribution in [0.25, 0.3) is 0 Å². The number of morpholine rings is 1. The highest BCUT2D eigenvalue weighted by molar-refractivity contribution is 6.00. The van der Waals surface area contributed by atoms with Gasteiger partial charge in [-0.15, -0.1) is 6.58 Å². The minimum atomic E-state index is -0.246. The summed E-state index contributed by atoms with van der Waals surface area (Å²) < 4.78 is 5.33. The number of hydrogen-bond donors (Lipinski definition) is 0. The van der Waals surface area contributed by atoms with Crippen LogP contribution in [0.5, 0.6) is 0 Å². The molecule has 1 aliphatic heterocycles. The highest BCUT2D eigenvalue weighted by Gasteiger charge is 2.38. The molecular formula is C14H21NO2. The summed E-state index contributed by atoms with van der Waals surface area (Å²) in [5.41, 5.74) is 0.660. The van der Waals surface area contributed by atoms with Crippen molar-refractivity contribution in [2.24, 2.45) is 5.41 Å². The molecule has 0 bridgehead atoms. The standard InChI is InChI=1S/C14H21NO2/c1-3-6-14(2)7-4-5-12(13(14)16)15-8-10-17-11-9-15/h3,5H,1,4,6-11H2,2H3/t14-/m1/s1. The summed E-state index contributed by atoms with van der Waals surface area (Å²) in [6.07, 6.45) is 6.65. The Kier molecular flexibility index (Phi) is 3.67. The van der Waals surface area contributed by atoms with E-state index in [4.69, 9.17) is 4.74 Å². The quantitative estimate of drug-likeness (QED) is 0.702. The molecule has 0 aromatic heterocycles. The van der Waals surface area contributed by atoms with Gasteiger partial charge >= 0.3 is 0 Å². The van der Waals surface area contributed by atoms with Crippen molar-refractivity contribution < 1.29 is 9.53 Å². The maximum absolute atomic E-state index is 12.5. The number of allylic oxidation sites excluding steroid dienone is 3. The third kappa shape index (κ3) is 2.44. The maximum Gasteiger partial charge on any atom is 0.184 e. The van der Waals surface area contributed by atoms with Crippen LogP contribution in [0.4, 0.5) is 0 Å². The monoisotopic (exact) mass is 235 g/mol.